The van der Waals surface area contributed by atoms with Crippen molar-refractivity contribution >= 4 is 29.2 Å². The Labute approximate surface area is 232 Å². The van der Waals surface area contributed by atoms with Crippen molar-refractivity contribution < 1.29 is 39.9 Å². The van der Waals surface area contributed by atoms with Crippen LogP contribution in [0.5, 0.6) is 0 Å². The monoisotopic (exact) mass is 567 g/mol. The Kier molecular flexibility index (Phi) is 18.6. The lowest BCUT2D eigenvalue weighted by molar-refractivity contribution is -0.920. The molecule has 0 bridgehead atoms. The molecule has 0 radical (unpaired) electrons. The van der Waals surface area contributed by atoms with Crippen molar-refractivity contribution in [1.29, 1.82) is 0 Å². The number of halogens is 2. The van der Waals surface area contributed by atoms with Crippen molar-refractivity contribution in [1.82, 2.24) is 0 Å². The fourth-order valence-electron chi connectivity index (χ4n) is 3.78. The molecule has 10 heteroatoms. The van der Waals surface area contributed by atoms with E-state index in [-0.39, 0.29) is 0 Å². The number of carboxylic acids is 1. The molecular formula is C27H47Cl2NO7. The summed E-state index contributed by atoms with van der Waals surface area (Å²) in [6.07, 6.45) is 5.42. The van der Waals surface area contributed by atoms with Gasteiger partial charge in [0.2, 0.25) is 0 Å². The summed E-state index contributed by atoms with van der Waals surface area (Å²) >= 11 is 13.4. The number of hydrogen-bond acceptors (Lipinski definition) is 7. The number of alkyl halides is 2. The van der Waals surface area contributed by atoms with Crippen LogP contribution in [0, 0.1) is 0 Å². The van der Waals surface area contributed by atoms with Gasteiger partial charge in [-0.3, -0.25) is 4.48 Å². The van der Waals surface area contributed by atoms with Gasteiger partial charge in [-0.15, -0.1) is 0 Å². The first-order chi connectivity index (χ1) is 17.3. The minimum Gasteiger partial charge on any atom is -0.547 e. The molecule has 0 saturated carbocycles. The molecule has 0 aliphatic rings. The summed E-state index contributed by atoms with van der Waals surface area (Å²) in [6, 6.07) is 10.0. The highest BCUT2D eigenvalue weighted by atomic mass is 35.5. The summed E-state index contributed by atoms with van der Waals surface area (Å²) in [4.78, 5) is 9.98. The maximum Gasteiger partial charge on any atom is 0.277 e. The van der Waals surface area contributed by atoms with E-state index in [9.17, 15) is 9.90 Å². The zero-order chi connectivity index (χ0) is 28.5. The quantitative estimate of drug-likeness (QED) is 0.0793. The summed E-state index contributed by atoms with van der Waals surface area (Å²) in [5.74, 6) is -1.98. The summed E-state index contributed by atoms with van der Waals surface area (Å²) in [5, 5.41) is 53.4. The fraction of sp³-hybridized carbons (Fsp3) is 0.741. The molecule has 8 nitrogen and oxygen atoms in total. The predicted octanol–water partition coefficient (Wildman–Crippen LogP) is 2.44. The second kappa shape index (κ2) is 19.1. The molecule has 0 amide bonds. The van der Waals surface area contributed by atoms with Gasteiger partial charge in [0, 0.05) is 5.56 Å². The number of aliphatic hydroxyl groups excluding tert-OH is 5. The lowest BCUT2D eigenvalue weighted by atomic mass is 10.0. The van der Waals surface area contributed by atoms with E-state index in [1.807, 2.05) is 30.3 Å². The maximum atomic E-state index is 9.98. The van der Waals surface area contributed by atoms with Crippen LogP contribution >= 0.6 is 23.2 Å². The number of nitrogens with zero attached hydrogens (tertiary/aromatic N) is 1. The number of hydrogen-bond donors (Lipinski definition) is 5. The number of aliphatic carboxylic acids is 1. The van der Waals surface area contributed by atoms with Crippen LogP contribution < -0.4 is 5.11 Å². The molecule has 1 rings (SSSR count). The van der Waals surface area contributed by atoms with E-state index in [4.69, 9.17) is 48.7 Å². The molecule has 0 saturated heterocycles. The second-order valence-electron chi connectivity index (χ2n) is 9.99. The number of benzene rings is 1. The Balaban J connectivity index is 0.000000845. The Bertz CT molecular complexity index is 722. The Morgan fingerprint density at radius 3 is 1.76 bits per heavy atom. The van der Waals surface area contributed by atoms with Crippen molar-refractivity contribution in [2.45, 2.75) is 100 Å². The average Bonchev–Trinajstić information content (AvgIpc) is 2.88. The van der Waals surface area contributed by atoms with Gasteiger partial charge in [0.25, 0.3) is 4.46 Å². The molecule has 37 heavy (non-hydrogen) atoms. The fourth-order valence-corrected chi connectivity index (χ4v) is 4.21. The van der Waals surface area contributed by atoms with Crippen LogP contribution in [0.2, 0.25) is 0 Å². The number of carboxylic acid groups (broad SMARTS) is 1. The van der Waals surface area contributed by atoms with Crippen molar-refractivity contribution in [3.8, 4) is 0 Å². The highest BCUT2D eigenvalue weighted by Gasteiger charge is 2.43. The molecule has 4 atom stereocenters. The first kappa shape index (κ1) is 36.0. The molecule has 1 aromatic carbocycles. The molecule has 0 unspecified atom stereocenters. The smallest absolute Gasteiger partial charge is 0.277 e. The van der Waals surface area contributed by atoms with Gasteiger partial charge >= 0.3 is 0 Å². The molecule has 0 fully saturated rings. The van der Waals surface area contributed by atoms with Gasteiger partial charge in [-0.05, 0) is 48.2 Å². The zero-order valence-corrected chi connectivity index (χ0v) is 23.9. The van der Waals surface area contributed by atoms with Crippen molar-refractivity contribution in [3.05, 3.63) is 35.9 Å². The Morgan fingerprint density at radius 2 is 1.32 bits per heavy atom. The average molecular weight is 569 g/mol. The third-order valence-electron chi connectivity index (χ3n) is 6.45. The Morgan fingerprint density at radius 1 is 0.865 bits per heavy atom. The van der Waals surface area contributed by atoms with E-state index in [1.54, 1.807) is 0 Å². The number of carbonyl (C=O) groups excluding carboxylic acids is 1. The van der Waals surface area contributed by atoms with Gasteiger partial charge in [0.1, 0.15) is 24.4 Å². The molecule has 0 spiro atoms. The Hall–Kier alpha value is -0.970. The van der Waals surface area contributed by atoms with E-state index in [0.29, 0.717) is 4.48 Å². The minimum absolute atomic E-state index is 0.594. The van der Waals surface area contributed by atoms with E-state index in [1.165, 1.54) is 64.2 Å². The molecule has 0 aromatic heterocycles. The summed E-state index contributed by atoms with van der Waals surface area (Å²) in [5.41, 5.74) is 0.977. The van der Waals surface area contributed by atoms with Crippen LogP contribution in [0.15, 0.2) is 30.3 Å². The topological polar surface area (TPSA) is 141 Å². The van der Waals surface area contributed by atoms with Gasteiger partial charge in [-0.2, -0.15) is 0 Å². The van der Waals surface area contributed by atoms with Gasteiger partial charge in [-0.25, -0.2) is 0 Å². The van der Waals surface area contributed by atoms with Gasteiger partial charge in [-0.1, -0.05) is 76.5 Å². The maximum absolute atomic E-state index is 9.98. The van der Waals surface area contributed by atoms with E-state index in [2.05, 4.69) is 21.0 Å². The third-order valence-corrected chi connectivity index (χ3v) is 7.80. The minimum atomic E-state index is -2.31. The molecule has 0 aliphatic heterocycles. The van der Waals surface area contributed by atoms with E-state index in [0.717, 1.165) is 12.1 Å². The van der Waals surface area contributed by atoms with Crippen LogP contribution in [-0.2, 0) is 9.25 Å². The molecule has 1 aromatic rings. The standard InChI is InChI=1S/C21H36Cl2N.C6H12O7/c1-4-5-6-7-8-9-10-11-12-16-19-24(2,3)21(22,23)20-17-14-13-15-18-20;7-1-2(8)3(9)4(10)5(11)6(12)13/h13-15,17-18H,4-12,16,19H2,1-3H3;2-5,7-11H,1H2,(H,12,13)/q+1;/p-1/t;2-,3-,4+,5-/m.1/s1. The SMILES string of the molecule is CCCCCCCCCCCC[N+](C)(C)C(Cl)(Cl)c1ccccc1.O=C([O-])[C@H](O)[C@@H](O)[C@H](O)[C@H](O)CO. The van der Waals surface area contributed by atoms with Crippen LogP contribution in [0.1, 0.15) is 76.7 Å². The largest absolute Gasteiger partial charge is 0.547 e. The van der Waals surface area contributed by atoms with Crippen LogP contribution in [0.3, 0.4) is 0 Å². The molecule has 0 aliphatic carbocycles. The van der Waals surface area contributed by atoms with Gasteiger partial charge < -0.3 is 35.4 Å². The number of carbonyl (C=O) groups is 1. The highest BCUT2D eigenvalue weighted by molar-refractivity contribution is 6.46. The third kappa shape index (κ3) is 13.6. The summed E-state index contributed by atoms with van der Waals surface area (Å²) in [6.45, 7) is 2.41. The lowest BCUT2D eigenvalue weighted by Crippen LogP contribution is -2.52. The van der Waals surface area contributed by atoms with Crippen molar-refractivity contribution in [3.63, 3.8) is 0 Å². The summed E-state index contributed by atoms with van der Waals surface area (Å²) in [7, 11) is 4.25. The first-order valence-corrected chi connectivity index (χ1v) is 13.9. The second-order valence-corrected chi connectivity index (χ2v) is 11.3. The van der Waals surface area contributed by atoms with E-state index >= 15 is 0 Å². The number of unbranched alkanes of at least 4 members (excludes halogenated alkanes) is 9. The van der Waals surface area contributed by atoms with Crippen LogP contribution in [-0.4, -0.2) is 87.6 Å². The van der Waals surface area contributed by atoms with E-state index < -0.39 is 41.4 Å². The zero-order valence-electron chi connectivity index (χ0n) is 22.4. The molecular weight excluding hydrogens is 521 g/mol. The summed E-state index contributed by atoms with van der Waals surface area (Å²) < 4.78 is -0.294. The predicted molar refractivity (Wildman–Crippen MR) is 145 cm³/mol. The highest BCUT2D eigenvalue weighted by Crippen LogP contribution is 2.41. The first-order valence-electron chi connectivity index (χ1n) is 13.1. The van der Waals surface area contributed by atoms with Crippen LogP contribution in [0.4, 0.5) is 0 Å². The van der Waals surface area contributed by atoms with Gasteiger partial charge in [0.05, 0.1) is 33.2 Å². The van der Waals surface area contributed by atoms with Crippen molar-refractivity contribution in [2.75, 3.05) is 27.2 Å². The van der Waals surface area contributed by atoms with Gasteiger partial charge in [0.15, 0.2) is 0 Å². The number of quaternary nitrogens is 1. The molecule has 216 valence electrons. The number of aliphatic hydroxyl groups is 5. The lowest BCUT2D eigenvalue weighted by Gasteiger charge is -2.40. The number of rotatable bonds is 18. The molecule has 0 heterocycles. The van der Waals surface area contributed by atoms with Crippen molar-refractivity contribution in [2.24, 2.45) is 0 Å². The molecule has 5 N–H and O–H groups in total. The van der Waals surface area contributed by atoms with Crippen LogP contribution in [0.25, 0.3) is 0 Å². The normalized spacial score (nSPS) is 15.3.